The molecule has 3 aromatic rings. The lowest BCUT2D eigenvalue weighted by atomic mass is 10.0. The number of nitrogens with one attached hydrogen (secondary N) is 4. The number of fused-ring (bicyclic) bond motifs is 1. The maximum atomic E-state index is 12.2. The maximum absolute atomic E-state index is 12.2. The summed E-state index contributed by atoms with van der Waals surface area (Å²) in [6.07, 6.45) is 3.52. The molecule has 1 unspecified atom stereocenters. The number of H-pyrrole nitrogens is 2. The molecule has 9 heteroatoms. The Labute approximate surface area is 204 Å². The molecule has 0 bridgehead atoms. The first-order valence-corrected chi connectivity index (χ1v) is 12.5. The van der Waals surface area contributed by atoms with Crippen LogP contribution < -0.4 is 26.0 Å². The van der Waals surface area contributed by atoms with Crippen LogP contribution >= 0.6 is 0 Å². The second-order valence-corrected chi connectivity index (χ2v) is 8.99. The van der Waals surface area contributed by atoms with Crippen molar-refractivity contribution < 1.29 is 14.6 Å². The van der Waals surface area contributed by atoms with Gasteiger partial charge in [-0.25, -0.2) is 4.79 Å². The highest BCUT2D eigenvalue weighted by molar-refractivity contribution is 5.94. The van der Waals surface area contributed by atoms with Gasteiger partial charge in [-0.05, 0) is 55.7 Å². The maximum Gasteiger partial charge on any atom is 0.323 e. The summed E-state index contributed by atoms with van der Waals surface area (Å²) in [5.41, 5.74) is 2.73. The molecule has 1 fully saturated rings. The predicted octanol–water partition coefficient (Wildman–Crippen LogP) is 2.73. The van der Waals surface area contributed by atoms with Gasteiger partial charge in [-0.2, -0.15) is 0 Å². The molecule has 0 saturated carbocycles. The summed E-state index contributed by atoms with van der Waals surface area (Å²) in [6.45, 7) is 5.32. The summed E-state index contributed by atoms with van der Waals surface area (Å²) < 4.78 is 5.65. The van der Waals surface area contributed by atoms with Crippen LogP contribution in [0.2, 0.25) is 0 Å². The SMILES string of the molecule is CCCCNC(=O)c1ccc(N2CCC(NCCC(O)Oc3cccc4[nH]c(=O)[nH]c34)CC2)cc1. The summed E-state index contributed by atoms with van der Waals surface area (Å²) in [6, 6.07) is 13.5. The van der Waals surface area contributed by atoms with Gasteiger partial charge in [-0.3, -0.25) is 4.79 Å². The van der Waals surface area contributed by atoms with Crippen LogP contribution in [0.5, 0.6) is 5.75 Å². The van der Waals surface area contributed by atoms with Gasteiger partial charge in [-0.1, -0.05) is 19.4 Å². The van der Waals surface area contributed by atoms with Crippen LogP contribution in [0.4, 0.5) is 5.69 Å². The number of aromatic amines is 2. The van der Waals surface area contributed by atoms with Gasteiger partial charge in [0.15, 0.2) is 6.29 Å². The number of carbonyl (C=O) groups excluding carboxylic acids is 1. The monoisotopic (exact) mass is 481 g/mol. The third-order valence-electron chi connectivity index (χ3n) is 6.41. The van der Waals surface area contributed by atoms with Crippen LogP contribution in [0.3, 0.4) is 0 Å². The van der Waals surface area contributed by atoms with Gasteiger partial charge in [-0.15, -0.1) is 0 Å². The van der Waals surface area contributed by atoms with Gasteiger partial charge in [0.05, 0.1) is 5.52 Å². The van der Waals surface area contributed by atoms with Crippen molar-refractivity contribution >= 4 is 22.6 Å². The van der Waals surface area contributed by atoms with Crippen molar-refractivity contribution in [3.63, 3.8) is 0 Å². The molecular weight excluding hydrogens is 446 g/mol. The molecule has 1 atom stereocenters. The lowest BCUT2D eigenvalue weighted by Gasteiger charge is -2.34. The summed E-state index contributed by atoms with van der Waals surface area (Å²) in [7, 11) is 0. The average Bonchev–Trinajstić information content (AvgIpc) is 3.26. The van der Waals surface area contributed by atoms with Crippen molar-refractivity contribution in [3.05, 3.63) is 58.5 Å². The van der Waals surface area contributed by atoms with Crippen LogP contribution in [0, 0.1) is 0 Å². The standard InChI is InChI=1S/C26H35N5O4/c1-2-3-14-28-25(33)18-7-9-20(10-8-18)31-16-12-19(13-17-31)27-15-11-23(32)35-22-6-4-5-21-24(22)30-26(34)29-21/h4-10,19,23,27,32H,2-3,11-17H2,1H3,(H,28,33)(H2,29,30,34). The Morgan fingerprint density at radius 2 is 1.91 bits per heavy atom. The molecule has 1 saturated heterocycles. The fraction of sp³-hybridized carbons (Fsp3) is 0.462. The Morgan fingerprint density at radius 1 is 1.14 bits per heavy atom. The number of hydrogen-bond acceptors (Lipinski definition) is 6. The Morgan fingerprint density at radius 3 is 2.66 bits per heavy atom. The average molecular weight is 482 g/mol. The van der Waals surface area contributed by atoms with Gasteiger partial charge in [0.25, 0.3) is 5.91 Å². The number of aromatic nitrogens is 2. The predicted molar refractivity (Wildman–Crippen MR) is 137 cm³/mol. The van der Waals surface area contributed by atoms with Crippen molar-refractivity contribution in [2.45, 2.75) is 51.4 Å². The zero-order valence-corrected chi connectivity index (χ0v) is 20.2. The van der Waals surface area contributed by atoms with E-state index in [1.165, 1.54) is 0 Å². The summed E-state index contributed by atoms with van der Waals surface area (Å²) in [4.78, 5) is 31.4. The molecule has 0 radical (unpaired) electrons. The number of benzene rings is 2. The fourth-order valence-corrected chi connectivity index (χ4v) is 4.39. The second kappa shape index (κ2) is 11.9. The first kappa shape index (κ1) is 24.8. The van der Waals surface area contributed by atoms with Crippen LogP contribution in [-0.4, -0.2) is 59.5 Å². The van der Waals surface area contributed by atoms with E-state index >= 15 is 0 Å². The Balaban J connectivity index is 1.17. The quantitative estimate of drug-likeness (QED) is 0.212. The van der Waals surface area contributed by atoms with Crippen molar-refractivity contribution in [1.29, 1.82) is 0 Å². The van der Waals surface area contributed by atoms with Crippen molar-refractivity contribution in [3.8, 4) is 5.75 Å². The highest BCUT2D eigenvalue weighted by Gasteiger charge is 2.20. The molecule has 0 spiro atoms. The third kappa shape index (κ3) is 6.64. The molecular formula is C26H35N5O4. The lowest BCUT2D eigenvalue weighted by Crippen LogP contribution is -2.43. The number of hydrogen-bond donors (Lipinski definition) is 5. The number of amides is 1. The van der Waals surface area contributed by atoms with E-state index in [1.807, 2.05) is 24.3 Å². The van der Waals surface area contributed by atoms with Crippen LogP contribution in [0.1, 0.15) is 49.4 Å². The number of rotatable bonds is 11. The fourth-order valence-electron chi connectivity index (χ4n) is 4.39. The van der Waals surface area contributed by atoms with E-state index < -0.39 is 6.29 Å². The van der Waals surface area contributed by atoms with Gasteiger partial charge >= 0.3 is 5.69 Å². The highest BCUT2D eigenvalue weighted by atomic mass is 16.6. The number of imidazole rings is 1. The molecule has 1 aliphatic rings. The number of anilines is 1. The van der Waals surface area contributed by atoms with E-state index in [9.17, 15) is 14.7 Å². The molecule has 2 heterocycles. The number of ether oxygens (including phenoxy) is 1. The number of nitrogens with zero attached hydrogens (tertiary/aromatic N) is 1. The minimum atomic E-state index is -0.968. The Hall–Kier alpha value is -3.30. The van der Waals surface area contributed by atoms with Crippen molar-refractivity contribution in [2.75, 3.05) is 31.1 Å². The molecule has 188 valence electrons. The minimum Gasteiger partial charge on any atom is -0.463 e. The van der Waals surface area contributed by atoms with E-state index in [0.717, 1.165) is 44.5 Å². The van der Waals surface area contributed by atoms with Gasteiger partial charge in [0, 0.05) is 49.9 Å². The smallest absolute Gasteiger partial charge is 0.323 e. The van der Waals surface area contributed by atoms with Crippen molar-refractivity contribution in [2.24, 2.45) is 0 Å². The number of piperidine rings is 1. The van der Waals surface area contributed by atoms with Gasteiger partial charge < -0.3 is 35.3 Å². The van der Waals surface area contributed by atoms with Crippen LogP contribution in [0.25, 0.3) is 11.0 Å². The first-order chi connectivity index (χ1) is 17.0. The van der Waals surface area contributed by atoms with Gasteiger partial charge in [0.2, 0.25) is 0 Å². The molecule has 1 aliphatic heterocycles. The molecule has 9 nitrogen and oxygen atoms in total. The third-order valence-corrected chi connectivity index (χ3v) is 6.41. The normalized spacial score (nSPS) is 15.3. The zero-order valence-electron chi connectivity index (χ0n) is 20.2. The van der Waals surface area contributed by atoms with Crippen LogP contribution in [-0.2, 0) is 0 Å². The molecule has 0 aliphatic carbocycles. The van der Waals surface area contributed by atoms with E-state index in [0.29, 0.717) is 47.9 Å². The number of aliphatic hydroxyl groups excluding tert-OH is 1. The summed E-state index contributed by atoms with van der Waals surface area (Å²) in [5.74, 6) is 0.434. The molecule has 35 heavy (non-hydrogen) atoms. The molecule has 1 amide bonds. The molecule has 5 N–H and O–H groups in total. The van der Waals surface area contributed by atoms with E-state index in [2.05, 4.69) is 32.4 Å². The number of aliphatic hydroxyl groups is 1. The van der Waals surface area contributed by atoms with Crippen molar-refractivity contribution in [1.82, 2.24) is 20.6 Å². The number of carbonyl (C=O) groups is 1. The van der Waals surface area contributed by atoms with E-state index in [4.69, 9.17) is 4.74 Å². The first-order valence-electron chi connectivity index (χ1n) is 12.5. The summed E-state index contributed by atoms with van der Waals surface area (Å²) in [5, 5.41) is 16.8. The number of para-hydroxylation sites is 1. The largest absolute Gasteiger partial charge is 0.463 e. The molecule has 4 rings (SSSR count). The highest BCUT2D eigenvalue weighted by Crippen LogP contribution is 2.23. The lowest BCUT2D eigenvalue weighted by molar-refractivity contribution is -0.0219. The topological polar surface area (TPSA) is 122 Å². The van der Waals surface area contributed by atoms with E-state index in [-0.39, 0.29) is 11.6 Å². The molecule has 2 aromatic carbocycles. The molecule has 1 aromatic heterocycles. The van der Waals surface area contributed by atoms with E-state index in [1.54, 1.807) is 18.2 Å². The van der Waals surface area contributed by atoms with Crippen LogP contribution in [0.15, 0.2) is 47.3 Å². The number of unbranched alkanes of at least 4 members (excludes halogenated alkanes) is 1. The zero-order chi connectivity index (χ0) is 24.6. The second-order valence-electron chi connectivity index (χ2n) is 8.99. The Bertz CT molecular complexity index is 1150. The Kier molecular flexibility index (Phi) is 8.44. The van der Waals surface area contributed by atoms with Gasteiger partial charge in [0.1, 0.15) is 11.3 Å². The summed E-state index contributed by atoms with van der Waals surface area (Å²) >= 11 is 0. The minimum absolute atomic E-state index is 0.0165.